The number of hydrogen-bond acceptors (Lipinski definition) is 6. The van der Waals surface area contributed by atoms with Gasteiger partial charge < -0.3 is 10.5 Å². The van der Waals surface area contributed by atoms with Crippen molar-refractivity contribution in [2.45, 2.75) is 6.92 Å². The molecule has 0 saturated carbocycles. The summed E-state index contributed by atoms with van der Waals surface area (Å²) >= 11 is 1.18. The van der Waals surface area contributed by atoms with Gasteiger partial charge in [-0.1, -0.05) is 60.7 Å². The van der Waals surface area contributed by atoms with Crippen molar-refractivity contribution in [3.63, 3.8) is 0 Å². The van der Waals surface area contributed by atoms with E-state index in [1.165, 1.54) is 11.3 Å². The number of aryl methyl sites for hydroxylation is 1. The van der Waals surface area contributed by atoms with Gasteiger partial charge in [0.25, 0.3) is 0 Å². The highest BCUT2D eigenvalue weighted by molar-refractivity contribution is 7.21. The zero-order chi connectivity index (χ0) is 20.4. The maximum atomic E-state index is 12.5. The van der Waals surface area contributed by atoms with Crippen LogP contribution >= 0.6 is 11.3 Å². The molecular weight excluding hydrogens is 384 g/mol. The second-order valence-corrected chi connectivity index (χ2v) is 7.58. The smallest absolute Gasteiger partial charge is 0.350 e. The van der Waals surface area contributed by atoms with E-state index in [4.69, 9.17) is 15.5 Å². The van der Waals surface area contributed by atoms with Gasteiger partial charge in [0.2, 0.25) is 0 Å². The summed E-state index contributed by atoms with van der Waals surface area (Å²) in [5.41, 5.74) is 9.83. The van der Waals surface area contributed by atoms with Gasteiger partial charge in [-0.2, -0.15) is 0 Å². The quantitative estimate of drug-likeness (QED) is 0.379. The monoisotopic (exact) mass is 402 g/mol. The standard InChI is InChI=1S/C23H18N2O3S/c1-14-12-17-19(24)21(23(27)28-13-18(26)15-8-4-2-5-9-15)29-22(17)25-20(14)16-10-6-3-7-11-16/h2-12H,13,24H2,1H3. The SMILES string of the molecule is Cc1cc2c(N)c(C(=O)OCC(=O)c3ccccc3)sc2nc1-c1ccccc1. The van der Waals surface area contributed by atoms with Crippen molar-refractivity contribution in [2.24, 2.45) is 0 Å². The molecule has 6 heteroatoms. The number of nitrogens with zero attached hydrogens (tertiary/aromatic N) is 1. The Morgan fingerprint density at radius 2 is 1.69 bits per heavy atom. The first kappa shape index (κ1) is 18.8. The Labute approximate surface area is 171 Å². The van der Waals surface area contributed by atoms with Crippen LogP contribution in [0, 0.1) is 6.92 Å². The van der Waals surface area contributed by atoms with E-state index < -0.39 is 5.97 Å². The number of carbonyl (C=O) groups is 2. The summed E-state index contributed by atoms with van der Waals surface area (Å²) in [6.45, 7) is 1.63. The van der Waals surface area contributed by atoms with Crippen molar-refractivity contribution in [3.05, 3.63) is 82.7 Å². The van der Waals surface area contributed by atoms with Crippen LogP contribution in [0.1, 0.15) is 25.6 Å². The zero-order valence-corrected chi connectivity index (χ0v) is 16.5. The van der Waals surface area contributed by atoms with E-state index in [9.17, 15) is 9.59 Å². The highest BCUT2D eigenvalue weighted by Crippen LogP contribution is 2.36. The lowest BCUT2D eigenvalue weighted by Crippen LogP contribution is -2.14. The van der Waals surface area contributed by atoms with Crippen molar-refractivity contribution in [3.8, 4) is 11.3 Å². The number of nitrogens with two attached hydrogens (primary N) is 1. The predicted octanol–water partition coefficient (Wildman–Crippen LogP) is 4.89. The number of aromatic nitrogens is 1. The molecule has 0 bridgehead atoms. The fourth-order valence-corrected chi connectivity index (χ4v) is 4.06. The van der Waals surface area contributed by atoms with Gasteiger partial charge in [-0.15, -0.1) is 11.3 Å². The van der Waals surface area contributed by atoms with E-state index in [0.717, 1.165) is 16.8 Å². The van der Waals surface area contributed by atoms with Crippen molar-refractivity contribution < 1.29 is 14.3 Å². The average molecular weight is 402 g/mol. The minimum absolute atomic E-state index is 0.262. The summed E-state index contributed by atoms with van der Waals surface area (Å²) in [6.07, 6.45) is 0. The number of nitrogen functional groups attached to an aromatic ring is 1. The first-order valence-corrected chi connectivity index (χ1v) is 9.86. The first-order chi connectivity index (χ1) is 14.0. The number of Topliss-reactive ketones (excluding diaryl/α,β-unsaturated/α-hetero) is 1. The van der Waals surface area contributed by atoms with Crippen molar-refractivity contribution in [1.82, 2.24) is 4.98 Å². The van der Waals surface area contributed by atoms with Crippen molar-refractivity contribution in [2.75, 3.05) is 12.3 Å². The molecule has 2 aromatic heterocycles. The Morgan fingerprint density at radius 3 is 2.38 bits per heavy atom. The Bertz CT molecular complexity index is 1200. The van der Waals surface area contributed by atoms with E-state index in [1.54, 1.807) is 24.3 Å². The molecule has 2 heterocycles. The van der Waals surface area contributed by atoms with E-state index in [-0.39, 0.29) is 17.3 Å². The summed E-state index contributed by atoms with van der Waals surface area (Å²) in [4.78, 5) is 30.3. The molecule has 0 atom stereocenters. The maximum absolute atomic E-state index is 12.5. The average Bonchev–Trinajstić information content (AvgIpc) is 3.08. The summed E-state index contributed by atoms with van der Waals surface area (Å²) in [7, 11) is 0. The van der Waals surface area contributed by atoms with Crippen molar-refractivity contribution >= 4 is 39.0 Å². The molecular formula is C23H18N2O3S. The summed E-state index contributed by atoms with van der Waals surface area (Å²) in [6, 6.07) is 20.5. The van der Waals surface area contributed by atoms with Crippen molar-refractivity contribution in [1.29, 1.82) is 0 Å². The molecule has 2 aromatic carbocycles. The molecule has 0 fully saturated rings. The number of hydrogen-bond donors (Lipinski definition) is 1. The number of esters is 1. The van der Waals surface area contributed by atoms with Gasteiger partial charge >= 0.3 is 5.97 Å². The molecule has 0 radical (unpaired) electrons. The fourth-order valence-electron chi connectivity index (χ4n) is 3.09. The molecule has 2 N–H and O–H groups in total. The molecule has 0 aliphatic rings. The van der Waals surface area contributed by atoms with Crippen LogP contribution in [0.5, 0.6) is 0 Å². The minimum Gasteiger partial charge on any atom is -0.453 e. The summed E-state index contributed by atoms with van der Waals surface area (Å²) < 4.78 is 5.21. The lowest BCUT2D eigenvalue weighted by Gasteiger charge is -2.05. The molecule has 5 nitrogen and oxygen atoms in total. The number of ketones is 1. The zero-order valence-electron chi connectivity index (χ0n) is 15.7. The van der Waals surface area contributed by atoms with E-state index in [0.29, 0.717) is 21.5 Å². The molecule has 4 rings (SSSR count). The van der Waals surface area contributed by atoms with Crippen LogP contribution in [0.2, 0.25) is 0 Å². The number of thiophene rings is 1. The minimum atomic E-state index is -0.617. The highest BCUT2D eigenvalue weighted by atomic mass is 32.1. The van der Waals surface area contributed by atoms with E-state index >= 15 is 0 Å². The van der Waals surface area contributed by atoms with E-state index in [1.807, 2.05) is 49.4 Å². The Balaban J connectivity index is 1.60. The van der Waals surface area contributed by atoms with Crippen LogP contribution in [0.3, 0.4) is 0 Å². The molecule has 0 aliphatic carbocycles. The van der Waals surface area contributed by atoms with E-state index in [2.05, 4.69) is 0 Å². The Morgan fingerprint density at radius 1 is 1.03 bits per heavy atom. The molecule has 0 saturated heterocycles. The summed E-state index contributed by atoms with van der Waals surface area (Å²) in [5.74, 6) is -0.882. The Hall–Kier alpha value is -3.51. The lowest BCUT2D eigenvalue weighted by molar-refractivity contribution is 0.0480. The number of carbonyl (C=O) groups excluding carboxylic acids is 2. The number of rotatable bonds is 5. The Kier molecular flexibility index (Phi) is 5.10. The van der Waals surface area contributed by atoms with Crippen LogP contribution < -0.4 is 5.73 Å². The molecule has 0 unspecified atom stereocenters. The summed E-state index contributed by atoms with van der Waals surface area (Å²) in [5, 5.41) is 0.716. The molecule has 144 valence electrons. The van der Waals surface area contributed by atoms with Crippen LogP contribution in [0.25, 0.3) is 21.5 Å². The third-order valence-electron chi connectivity index (χ3n) is 4.57. The third-order valence-corrected chi connectivity index (χ3v) is 5.67. The topological polar surface area (TPSA) is 82.3 Å². The molecule has 0 amide bonds. The molecule has 0 aliphatic heterocycles. The van der Waals surface area contributed by atoms with Gasteiger partial charge in [0.15, 0.2) is 12.4 Å². The second-order valence-electron chi connectivity index (χ2n) is 6.58. The normalized spacial score (nSPS) is 10.8. The fraction of sp³-hybridized carbons (Fsp3) is 0.0870. The number of fused-ring (bicyclic) bond motifs is 1. The van der Waals surface area contributed by atoms with Crippen LogP contribution in [0.4, 0.5) is 5.69 Å². The number of ether oxygens (including phenoxy) is 1. The van der Waals surface area contributed by atoms with Crippen LogP contribution in [0.15, 0.2) is 66.7 Å². The lowest BCUT2D eigenvalue weighted by atomic mass is 10.1. The van der Waals surface area contributed by atoms with Gasteiger partial charge in [-0.05, 0) is 18.6 Å². The molecule has 0 spiro atoms. The van der Waals surface area contributed by atoms with Crippen LogP contribution in [-0.4, -0.2) is 23.3 Å². The van der Waals surface area contributed by atoms with Crippen LogP contribution in [-0.2, 0) is 4.74 Å². The highest BCUT2D eigenvalue weighted by Gasteiger charge is 2.21. The molecule has 4 aromatic rings. The van der Waals surface area contributed by atoms with Gasteiger partial charge in [0, 0.05) is 16.5 Å². The predicted molar refractivity (Wildman–Crippen MR) is 115 cm³/mol. The first-order valence-electron chi connectivity index (χ1n) is 9.05. The largest absolute Gasteiger partial charge is 0.453 e. The molecule has 29 heavy (non-hydrogen) atoms. The van der Waals surface area contributed by atoms with Gasteiger partial charge in [0.1, 0.15) is 9.71 Å². The third kappa shape index (κ3) is 3.75. The maximum Gasteiger partial charge on any atom is 0.350 e. The van der Waals surface area contributed by atoms with Gasteiger partial charge in [0.05, 0.1) is 11.4 Å². The van der Waals surface area contributed by atoms with Gasteiger partial charge in [-0.25, -0.2) is 9.78 Å². The number of benzene rings is 2. The second kappa shape index (κ2) is 7.85. The number of anilines is 1. The number of pyridine rings is 1. The van der Waals surface area contributed by atoms with Gasteiger partial charge in [-0.3, -0.25) is 4.79 Å².